The number of rotatable bonds is 9. The van der Waals surface area contributed by atoms with Crippen LogP contribution in [0.4, 0.5) is 4.79 Å². The molecule has 12 heteroatoms. The maximum absolute atomic E-state index is 14.2. The summed E-state index contributed by atoms with van der Waals surface area (Å²) in [5.41, 5.74) is 0.0945. The zero-order chi connectivity index (χ0) is 28.3. The molecule has 4 atom stereocenters. The first-order valence-electron chi connectivity index (χ1n) is 12.2. The number of nitrogens with one attached hydrogen (secondary N) is 2. The Bertz CT molecular complexity index is 1270. The fourth-order valence-corrected chi connectivity index (χ4v) is 6.95. The van der Waals surface area contributed by atoms with Crippen LogP contribution < -0.4 is 10.6 Å². The van der Waals surface area contributed by atoms with Gasteiger partial charge in [-0.2, -0.15) is 0 Å². The molecule has 208 valence electrons. The van der Waals surface area contributed by atoms with Crippen molar-refractivity contribution in [3.8, 4) is 0 Å². The number of furan rings is 1. The molecule has 0 radical (unpaired) electrons. The van der Waals surface area contributed by atoms with E-state index in [0.717, 1.165) is 5.56 Å². The highest BCUT2D eigenvalue weighted by Crippen LogP contribution is 2.38. The number of sulfone groups is 1. The molecule has 0 saturated carbocycles. The van der Waals surface area contributed by atoms with Crippen molar-refractivity contribution in [1.29, 1.82) is 0 Å². The van der Waals surface area contributed by atoms with E-state index in [1.54, 1.807) is 58.9 Å². The van der Waals surface area contributed by atoms with Gasteiger partial charge in [0.05, 0.1) is 35.5 Å². The number of ether oxygens (including phenoxy) is 2. The first-order chi connectivity index (χ1) is 17.7. The van der Waals surface area contributed by atoms with Crippen molar-refractivity contribution < 1.29 is 41.8 Å². The van der Waals surface area contributed by atoms with Gasteiger partial charge in [-0.25, -0.2) is 13.2 Å². The molecule has 11 nitrogen and oxygen atoms in total. The summed E-state index contributed by atoms with van der Waals surface area (Å²) in [5, 5.41) is 13.9. The van der Waals surface area contributed by atoms with Crippen LogP contribution in [-0.2, 0) is 35.3 Å². The normalized spacial score (nSPS) is 20.5. The van der Waals surface area contributed by atoms with E-state index >= 15 is 0 Å². The number of hydrogen-bond donors (Lipinski definition) is 3. The second-order valence-corrected chi connectivity index (χ2v) is 12.2. The summed E-state index contributed by atoms with van der Waals surface area (Å²) in [6.45, 7) is 8.52. The molecular formula is C26H34N2O9S. The standard InChI is InChI=1S/C26H34N2O9S/c1-6-35-20(29)13-16-12-15(2)9-10-19(16)38(33,34)23-17(14-27-22(23)24(30)31)21(18-8-7-11-36-18)28-25(32)37-26(3,4)5/h7-12,17,21-23,27H,6,13-14H2,1-5H3,(H,28,32)(H,30,31)/t17-,21-,22-,23-/m1/s1. The monoisotopic (exact) mass is 550 g/mol. The van der Waals surface area contributed by atoms with Crippen LogP contribution in [-0.4, -0.2) is 61.6 Å². The molecule has 1 fully saturated rings. The fraction of sp³-hybridized carbons (Fsp3) is 0.500. The van der Waals surface area contributed by atoms with Gasteiger partial charge in [-0.15, -0.1) is 0 Å². The number of alkyl carbamates (subject to hydrolysis) is 1. The minimum Gasteiger partial charge on any atom is -0.480 e. The Labute approximate surface area is 221 Å². The van der Waals surface area contributed by atoms with Crippen molar-refractivity contribution in [2.24, 2.45) is 5.92 Å². The number of benzene rings is 1. The molecule has 1 aromatic heterocycles. The largest absolute Gasteiger partial charge is 0.480 e. The second-order valence-electron chi connectivity index (χ2n) is 10.1. The van der Waals surface area contributed by atoms with Crippen LogP contribution in [0.1, 0.15) is 50.6 Å². The summed E-state index contributed by atoms with van der Waals surface area (Å²) in [4.78, 5) is 37.0. The van der Waals surface area contributed by atoms with Crippen LogP contribution in [0.25, 0.3) is 0 Å². The molecule has 38 heavy (non-hydrogen) atoms. The Morgan fingerprint density at radius 1 is 1.24 bits per heavy atom. The number of carboxylic acids is 1. The Balaban J connectivity index is 2.09. The highest BCUT2D eigenvalue weighted by Gasteiger charge is 2.53. The summed E-state index contributed by atoms with van der Waals surface area (Å²) < 4.78 is 44.3. The first-order valence-corrected chi connectivity index (χ1v) is 13.8. The van der Waals surface area contributed by atoms with Crippen molar-refractivity contribution in [2.75, 3.05) is 13.2 Å². The van der Waals surface area contributed by atoms with Crippen molar-refractivity contribution in [3.05, 3.63) is 53.5 Å². The van der Waals surface area contributed by atoms with Crippen LogP contribution in [0.3, 0.4) is 0 Å². The number of hydrogen-bond acceptors (Lipinski definition) is 9. The third-order valence-corrected chi connectivity index (χ3v) is 8.41. The lowest BCUT2D eigenvalue weighted by Crippen LogP contribution is -2.47. The number of carbonyl (C=O) groups is 3. The van der Waals surface area contributed by atoms with Crippen LogP contribution in [0.5, 0.6) is 0 Å². The Kier molecular flexibility index (Phi) is 8.88. The molecule has 2 aromatic rings. The van der Waals surface area contributed by atoms with Crippen molar-refractivity contribution in [3.63, 3.8) is 0 Å². The highest BCUT2D eigenvalue weighted by molar-refractivity contribution is 7.92. The maximum Gasteiger partial charge on any atom is 0.408 e. The maximum atomic E-state index is 14.2. The van der Waals surface area contributed by atoms with E-state index in [9.17, 15) is 27.9 Å². The van der Waals surface area contributed by atoms with E-state index in [-0.39, 0.29) is 35.8 Å². The van der Waals surface area contributed by atoms with Gasteiger partial charge in [-0.05, 0) is 58.4 Å². The molecule has 2 heterocycles. The van der Waals surface area contributed by atoms with Gasteiger partial charge in [0, 0.05) is 12.5 Å². The Morgan fingerprint density at radius 2 is 1.95 bits per heavy atom. The molecule has 3 rings (SSSR count). The van der Waals surface area contributed by atoms with Crippen molar-refractivity contribution in [2.45, 2.75) is 68.9 Å². The highest BCUT2D eigenvalue weighted by atomic mass is 32.2. The molecule has 1 aliphatic rings. The zero-order valence-electron chi connectivity index (χ0n) is 22.0. The van der Waals surface area contributed by atoms with E-state index in [2.05, 4.69) is 10.6 Å². The minimum atomic E-state index is -4.38. The van der Waals surface area contributed by atoms with Gasteiger partial charge in [0.25, 0.3) is 0 Å². The van der Waals surface area contributed by atoms with Gasteiger partial charge >= 0.3 is 18.0 Å². The fourth-order valence-electron chi connectivity index (χ4n) is 4.62. The number of carbonyl (C=O) groups excluding carboxylic acids is 2. The van der Waals surface area contributed by atoms with Crippen LogP contribution in [0, 0.1) is 12.8 Å². The van der Waals surface area contributed by atoms with E-state index in [1.165, 1.54) is 12.3 Å². The topological polar surface area (TPSA) is 161 Å². The molecule has 0 bridgehead atoms. The second kappa shape index (κ2) is 11.6. The smallest absolute Gasteiger partial charge is 0.408 e. The summed E-state index contributed by atoms with van der Waals surface area (Å²) in [5.74, 6) is -2.69. The number of carboxylic acid groups (broad SMARTS) is 1. The summed E-state index contributed by atoms with van der Waals surface area (Å²) in [6.07, 6.45) is 0.258. The predicted molar refractivity (Wildman–Crippen MR) is 136 cm³/mol. The van der Waals surface area contributed by atoms with Gasteiger partial charge in [0.2, 0.25) is 0 Å². The van der Waals surface area contributed by atoms with Gasteiger partial charge in [-0.3, -0.25) is 9.59 Å². The minimum absolute atomic E-state index is 0.0545. The number of esters is 1. The van der Waals surface area contributed by atoms with E-state index in [1.807, 2.05) is 0 Å². The van der Waals surface area contributed by atoms with Crippen LogP contribution in [0.2, 0.25) is 0 Å². The van der Waals surface area contributed by atoms with Gasteiger partial charge in [0.15, 0.2) is 9.84 Å². The average Bonchev–Trinajstić information content (AvgIpc) is 3.47. The van der Waals surface area contributed by atoms with Gasteiger partial charge in [0.1, 0.15) is 17.4 Å². The molecule has 3 N–H and O–H groups in total. The summed E-state index contributed by atoms with van der Waals surface area (Å²) >= 11 is 0. The lowest BCUT2D eigenvalue weighted by Gasteiger charge is -2.30. The zero-order valence-corrected chi connectivity index (χ0v) is 22.8. The molecule has 0 spiro atoms. The number of amides is 1. The molecule has 1 aliphatic heterocycles. The molecule has 1 aromatic carbocycles. The number of aryl methyl sites for hydroxylation is 1. The SMILES string of the molecule is CCOC(=O)Cc1cc(C)ccc1S(=O)(=O)[C@@H]1[C@@H]([C@@H](NC(=O)OC(C)(C)C)c2ccco2)CN[C@H]1C(=O)O. The van der Waals surface area contributed by atoms with Crippen molar-refractivity contribution in [1.82, 2.24) is 10.6 Å². The molecule has 1 amide bonds. The first kappa shape index (κ1) is 29.2. The van der Waals surface area contributed by atoms with E-state index in [0.29, 0.717) is 0 Å². The number of aliphatic carboxylic acids is 1. The molecular weight excluding hydrogens is 516 g/mol. The molecule has 0 aliphatic carbocycles. The van der Waals surface area contributed by atoms with Gasteiger partial charge < -0.3 is 29.6 Å². The quantitative estimate of drug-likeness (QED) is 0.396. The molecule has 1 saturated heterocycles. The van der Waals surface area contributed by atoms with E-state index in [4.69, 9.17) is 13.9 Å². The average molecular weight is 551 g/mol. The summed E-state index contributed by atoms with van der Waals surface area (Å²) in [6, 6.07) is 5.15. The lowest BCUT2D eigenvalue weighted by atomic mass is 9.94. The third-order valence-electron chi connectivity index (χ3n) is 6.06. The predicted octanol–water partition coefficient (Wildman–Crippen LogP) is 2.77. The van der Waals surface area contributed by atoms with Crippen molar-refractivity contribution >= 4 is 27.9 Å². The third kappa shape index (κ3) is 6.73. The van der Waals surface area contributed by atoms with Crippen LogP contribution in [0.15, 0.2) is 45.9 Å². The van der Waals surface area contributed by atoms with Crippen LogP contribution >= 0.6 is 0 Å². The Morgan fingerprint density at radius 3 is 2.53 bits per heavy atom. The van der Waals surface area contributed by atoms with Gasteiger partial charge in [-0.1, -0.05) is 17.7 Å². The molecule has 0 unspecified atom stereocenters. The van der Waals surface area contributed by atoms with E-state index < -0.39 is 56.7 Å². The lowest BCUT2D eigenvalue weighted by molar-refractivity contribution is -0.142. The Hall–Kier alpha value is -3.38. The summed E-state index contributed by atoms with van der Waals surface area (Å²) in [7, 11) is -4.38.